The minimum atomic E-state index is -1.05. The van der Waals surface area contributed by atoms with Crippen LogP contribution >= 0.6 is 11.6 Å². The molecule has 0 aliphatic carbocycles. The van der Waals surface area contributed by atoms with Crippen molar-refractivity contribution in [2.75, 3.05) is 17.3 Å². The topological polar surface area (TPSA) is 122 Å². The predicted molar refractivity (Wildman–Crippen MR) is 143 cm³/mol. The van der Waals surface area contributed by atoms with Crippen molar-refractivity contribution in [2.24, 2.45) is 11.8 Å². The zero-order chi connectivity index (χ0) is 27.4. The van der Waals surface area contributed by atoms with Crippen molar-refractivity contribution >= 4 is 52.5 Å². The molecule has 0 unspecified atom stereocenters. The minimum Gasteiger partial charge on any atom is -0.495 e. The Morgan fingerprint density at radius 1 is 1.03 bits per heavy atom. The zero-order valence-corrected chi connectivity index (χ0v) is 21.2. The number of non-ortho nitro benzene ring substituents is 1. The van der Waals surface area contributed by atoms with E-state index in [0.29, 0.717) is 10.7 Å². The fraction of sp³-hybridized carbons (Fsp3) is 0.179. The summed E-state index contributed by atoms with van der Waals surface area (Å²) in [5.41, 5.74) is 1.85. The Balaban J connectivity index is 1.46. The van der Waals surface area contributed by atoms with E-state index in [2.05, 4.69) is 5.32 Å². The third-order valence-electron chi connectivity index (χ3n) is 7.46. The second-order valence-electron chi connectivity index (χ2n) is 9.45. The molecule has 3 amide bonds. The van der Waals surface area contributed by atoms with Gasteiger partial charge in [0.1, 0.15) is 17.5 Å². The quantitative estimate of drug-likeness (QED) is 0.287. The van der Waals surface area contributed by atoms with Gasteiger partial charge in [-0.3, -0.25) is 24.5 Å². The Morgan fingerprint density at radius 3 is 2.46 bits per heavy atom. The molecule has 6 rings (SSSR count). The SMILES string of the molecule is COc1ccc([N+](=O)[O-])cc1N1C(=O)[C@@H]2[C@H](C1=O)[C@@H]1c3ccccc3C=CN1[C@H]2C(=O)Nc1ccc(Cl)cc1. The number of nitro benzene ring substituents is 1. The first kappa shape index (κ1) is 24.6. The van der Waals surface area contributed by atoms with Crippen LogP contribution in [-0.4, -0.2) is 40.7 Å². The molecule has 4 atom stereocenters. The fourth-order valence-electron chi connectivity index (χ4n) is 5.81. The van der Waals surface area contributed by atoms with Gasteiger partial charge in [-0.2, -0.15) is 0 Å². The molecule has 3 heterocycles. The number of carbonyl (C=O) groups is 3. The first-order valence-electron chi connectivity index (χ1n) is 12.1. The molecule has 0 bridgehead atoms. The third kappa shape index (κ3) is 3.83. The van der Waals surface area contributed by atoms with Crippen LogP contribution in [-0.2, 0) is 14.4 Å². The van der Waals surface area contributed by atoms with Gasteiger partial charge in [0.2, 0.25) is 17.7 Å². The minimum absolute atomic E-state index is 0.0286. The standard InChI is InChI=1S/C28H21ClN4O6/c1-39-21-11-10-18(33(37)38)14-20(21)32-27(35)22-23(28(32)36)25(26(34)30-17-8-6-16(29)7-9-17)31-13-12-15-4-2-3-5-19(15)24(22)31/h2-14,22-25H,1H3,(H,30,34)/t22-,23+,24-,25+/m0/s1. The monoisotopic (exact) mass is 544 g/mol. The van der Waals surface area contributed by atoms with Gasteiger partial charge in [-0.05, 0) is 47.5 Å². The van der Waals surface area contributed by atoms with E-state index in [1.807, 2.05) is 30.3 Å². The number of hydrogen-bond acceptors (Lipinski definition) is 7. The zero-order valence-electron chi connectivity index (χ0n) is 20.5. The Morgan fingerprint density at radius 2 is 1.74 bits per heavy atom. The summed E-state index contributed by atoms with van der Waals surface area (Å²) < 4.78 is 5.36. The number of ether oxygens (including phenoxy) is 1. The van der Waals surface area contributed by atoms with Crippen LogP contribution in [0.3, 0.4) is 0 Å². The Kier molecular flexibility index (Phi) is 5.84. The van der Waals surface area contributed by atoms with Gasteiger partial charge in [0, 0.05) is 29.0 Å². The van der Waals surface area contributed by atoms with Gasteiger partial charge in [0.25, 0.3) is 5.69 Å². The van der Waals surface area contributed by atoms with Crippen molar-refractivity contribution in [1.29, 1.82) is 0 Å². The molecule has 3 aliphatic heterocycles. The van der Waals surface area contributed by atoms with Gasteiger partial charge in [0.15, 0.2) is 0 Å². The summed E-state index contributed by atoms with van der Waals surface area (Å²) in [6.45, 7) is 0. The molecule has 1 N–H and O–H groups in total. The van der Waals surface area contributed by atoms with Crippen LogP contribution in [0.2, 0.25) is 5.02 Å². The van der Waals surface area contributed by atoms with E-state index < -0.39 is 46.6 Å². The summed E-state index contributed by atoms with van der Waals surface area (Å²) in [7, 11) is 1.35. The van der Waals surface area contributed by atoms with E-state index in [9.17, 15) is 24.5 Å². The molecule has 3 aliphatic rings. The number of imide groups is 1. The van der Waals surface area contributed by atoms with E-state index in [1.54, 1.807) is 35.4 Å². The molecular weight excluding hydrogens is 524 g/mol. The summed E-state index contributed by atoms with van der Waals surface area (Å²) in [5.74, 6) is -3.47. The number of methoxy groups -OCH3 is 1. The number of nitrogens with zero attached hydrogens (tertiary/aromatic N) is 3. The molecule has 11 heteroatoms. The second-order valence-corrected chi connectivity index (χ2v) is 9.89. The van der Waals surface area contributed by atoms with Gasteiger partial charge in [-0.15, -0.1) is 0 Å². The lowest BCUT2D eigenvalue weighted by Gasteiger charge is -2.35. The molecular formula is C28H21ClN4O6. The molecule has 0 aromatic heterocycles. The maximum Gasteiger partial charge on any atom is 0.271 e. The fourth-order valence-corrected chi connectivity index (χ4v) is 5.94. The number of rotatable bonds is 5. The summed E-state index contributed by atoms with van der Waals surface area (Å²) in [6.07, 6.45) is 3.60. The molecule has 2 fully saturated rings. The number of carbonyl (C=O) groups excluding carboxylic acids is 3. The molecule has 2 saturated heterocycles. The maximum atomic E-state index is 14.1. The first-order valence-corrected chi connectivity index (χ1v) is 12.5. The Hall–Kier alpha value is -4.70. The van der Waals surface area contributed by atoms with Crippen LogP contribution in [0.1, 0.15) is 17.2 Å². The summed E-state index contributed by atoms with van der Waals surface area (Å²) in [5, 5.41) is 14.8. The highest BCUT2D eigenvalue weighted by Gasteiger charge is 2.65. The number of anilines is 2. The van der Waals surface area contributed by atoms with E-state index in [0.717, 1.165) is 22.1 Å². The lowest BCUT2D eigenvalue weighted by molar-refractivity contribution is -0.384. The van der Waals surface area contributed by atoms with Crippen molar-refractivity contribution in [2.45, 2.75) is 12.1 Å². The third-order valence-corrected chi connectivity index (χ3v) is 7.71. The maximum absolute atomic E-state index is 14.1. The molecule has 0 saturated carbocycles. The summed E-state index contributed by atoms with van der Waals surface area (Å²) in [6, 6.07) is 16.2. The van der Waals surface area contributed by atoms with Crippen LogP contribution in [0, 0.1) is 22.0 Å². The highest BCUT2D eigenvalue weighted by atomic mass is 35.5. The lowest BCUT2D eigenvalue weighted by atomic mass is 9.84. The first-order chi connectivity index (χ1) is 18.8. The average Bonchev–Trinajstić information content (AvgIpc) is 3.41. The molecule has 39 heavy (non-hydrogen) atoms. The van der Waals surface area contributed by atoms with Crippen LogP contribution in [0.15, 0.2) is 72.9 Å². The molecule has 196 valence electrons. The lowest BCUT2D eigenvalue weighted by Crippen LogP contribution is -2.46. The largest absolute Gasteiger partial charge is 0.495 e. The van der Waals surface area contributed by atoms with Gasteiger partial charge in [-0.25, -0.2) is 4.90 Å². The normalized spacial score (nSPS) is 22.8. The Labute approximate surface area is 227 Å². The second kappa shape index (κ2) is 9.25. The van der Waals surface area contributed by atoms with Gasteiger partial charge in [0.05, 0.1) is 29.9 Å². The number of fused-ring (bicyclic) bond motifs is 5. The van der Waals surface area contributed by atoms with E-state index in [1.165, 1.54) is 19.2 Å². The smallest absolute Gasteiger partial charge is 0.271 e. The van der Waals surface area contributed by atoms with E-state index in [-0.39, 0.29) is 17.1 Å². The van der Waals surface area contributed by atoms with E-state index in [4.69, 9.17) is 16.3 Å². The highest BCUT2D eigenvalue weighted by Crippen LogP contribution is 2.54. The van der Waals surface area contributed by atoms with Crippen molar-refractivity contribution in [1.82, 2.24) is 4.90 Å². The van der Waals surface area contributed by atoms with Crippen LogP contribution < -0.4 is 15.0 Å². The van der Waals surface area contributed by atoms with Crippen LogP contribution in [0.25, 0.3) is 6.08 Å². The number of nitro groups is 1. The molecule has 0 radical (unpaired) electrons. The molecule has 3 aromatic rings. The number of hydrogen-bond donors (Lipinski definition) is 1. The van der Waals surface area contributed by atoms with Crippen LogP contribution in [0.5, 0.6) is 5.75 Å². The summed E-state index contributed by atoms with van der Waals surface area (Å²) in [4.78, 5) is 55.4. The van der Waals surface area contributed by atoms with E-state index >= 15 is 0 Å². The number of amides is 3. The van der Waals surface area contributed by atoms with Crippen molar-refractivity contribution in [3.05, 3.63) is 99.2 Å². The average molecular weight is 545 g/mol. The van der Waals surface area contributed by atoms with Gasteiger partial charge in [-0.1, -0.05) is 35.9 Å². The van der Waals surface area contributed by atoms with Crippen molar-refractivity contribution in [3.8, 4) is 5.75 Å². The van der Waals surface area contributed by atoms with Crippen molar-refractivity contribution in [3.63, 3.8) is 0 Å². The molecule has 3 aromatic carbocycles. The molecule has 10 nitrogen and oxygen atoms in total. The van der Waals surface area contributed by atoms with Crippen molar-refractivity contribution < 1.29 is 24.0 Å². The van der Waals surface area contributed by atoms with Gasteiger partial charge < -0.3 is 15.0 Å². The Bertz CT molecular complexity index is 1570. The van der Waals surface area contributed by atoms with Gasteiger partial charge >= 0.3 is 0 Å². The summed E-state index contributed by atoms with van der Waals surface area (Å²) >= 11 is 5.98. The number of halogens is 1. The predicted octanol–water partition coefficient (Wildman–Crippen LogP) is 4.41. The molecule has 0 spiro atoms. The number of nitrogens with one attached hydrogen (secondary N) is 1. The number of benzene rings is 3. The highest BCUT2D eigenvalue weighted by molar-refractivity contribution is 6.30. The van der Waals surface area contributed by atoms with Crippen LogP contribution in [0.4, 0.5) is 17.1 Å².